The van der Waals surface area contributed by atoms with Crippen LogP contribution in [0.3, 0.4) is 0 Å². The molecule has 0 saturated heterocycles. The average molecular weight is 356 g/mol. The van der Waals surface area contributed by atoms with Gasteiger partial charge in [-0.05, 0) is 12.1 Å². The van der Waals surface area contributed by atoms with Crippen molar-refractivity contribution in [3.05, 3.63) is 50.9 Å². The highest BCUT2D eigenvalue weighted by molar-refractivity contribution is 7.07. The molecule has 0 radical (unpaired) electrons. The van der Waals surface area contributed by atoms with Gasteiger partial charge in [0.1, 0.15) is 17.7 Å². The zero-order valence-electron chi connectivity index (χ0n) is 13.4. The standard InChI is InChI=1S/C16H16N6S2/c1-21(6-13-8-23-10-18-13)15-4-3-12(5-17)16(20-15)22(2)7-14-9-24-11-19-14/h3-4,8-11H,6-7H2,1-2H3. The van der Waals surface area contributed by atoms with E-state index < -0.39 is 0 Å². The fourth-order valence-electron chi connectivity index (χ4n) is 2.30. The molecule has 0 aromatic carbocycles. The summed E-state index contributed by atoms with van der Waals surface area (Å²) in [7, 11) is 3.89. The first kappa shape index (κ1) is 16.4. The number of thiazole rings is 2. The number of nitrogens with zero attached hydrogens (tertiary/aromatic N) is 6. The van der Waals surface area contributed by atoms with Crippen LogP contribution in [0, 0.1) is 11.3 Å². The van der Waals surface area contributed by atoms with Crippen LogP contribution in [-0.2, 0) is 13.1 Å². The monoisotopic (exact) mass is 356 g/mol. The van der Waals surface area contributed by atoms with Gasteiger partial charge >= 0.3 is 0 Å². The Morgan fingerprint density at radius 1 is 1.00 bits per heavy atom. The Bertz CT molecular complexity index is 823. The average Bonchev–Trinajstić information content (AvgIpc) is 3.28. The third-order valence-electron chi connectivity index (χ3n) is 3.50. The summed E-state index contributed by atoms with van der Waals surface area (Å²) in [6, 6.07) is 5.90. The van der Waals surface area contributed by atoms with Crippen molar-refractivity contribution in [1.82, 2.24) is 15.0 Å². The molecule has 122 valence electrons. The van der Waals surface area contributed by atoms with Gasteiger partial charge in [0.2, 0.25) is 0 Å². The normalized spacial score (nSPS) is 10.4. The molecule has 0 aliphatic heterocycles. The molecule has 0 aliphatic rings. The molecule has 6 nitrogen and oxygen atoms in total. The summed E-state index contributed by atoms with van der Waals surface area (Å²) in [5.41, 5.74) is 6.15. The maximum Gasteiger partial charge on any atom is 0.149 e. The van der Waals surface area contributed by atoms with Crippen molar-refractivity contribution < 1.29 is 0 Å². The van der Waals surface area contributed by atoms with Gasteiger partial charge in [-0.3, -0.25) is 0 Å². The van der Waals surface area contributed by atoms with Crippen LogP contribution in [0.15, 0.2) is 33.9 Å². The Hall–Kier alpha value is -2.50. The quantitative estimate of drug-likeness (QED) is 0.676. The lowest BCUT2D eigenvalue weighted by atomic mass is 10.2. The van der Waals surface area contributed by atoms with E-state index in [0.29, 0.717) is 24.5 Å². The first-order valence-corrected chi connectivity index (χ1v) is 9.13. The molecule has 0 unspecified atom stereocenters. The number of anilines is 2. The lowest BCUT2D eigenvalue weighted by Crippen LogP contribution is -2.22. The van der Waals surface area contributed by atoms with Crippen molar-refractivity contribution in [3.8, 4) is 6.07 Å². The van der Waals surface area contributed by atoms with Gasteiger partial charge in [0, 0.05) is 24.9 Å². The SMILES string of the molecule is CN(Cc1cscn1)c1ccc(C#N)c(N(C)Cc2cscn2)n1. The highest BCUT2D eigenvalue weighted by Gasteiger charge is 2.14. The first-order chi connectivity index (χ1) is 11.7. The van der Waals surface area contributed by atoms with Crippen molar-refractivity contribution in [2.24, 2.45) is 0 Å². The highest BCUT2D eigenvalue weighted by atomic mass is 32.1. The van der Waals surface area contributed by atoms with Crippen LogP contribution in [0.1, 0.15) is 17.0 Å². The van der Waals surface area contributed by atoms with Gasteiger partial charge in [-0.1, -0.05) is 0 Å². The maximum absolute atomic E-state index is 9.38. The lowest BCUT2D eigenvalue weighted by molar-refractivity contribution is 0.845. The molecule has 3 rings (SSSR count). The molecule has 0 amide bonds. The van der Waals surface area contributed by atoms with E-state index in [-0.39, 0.29) is 0 Å². The molecule has 3 heterocycles. The van der Waals surface area contributed by atoms with Gasteiger partial charge in [-0.25, -0.2) is 15.0 Å². The van der Waals surface area contributed by atoms with Crippen LogP contribution in [0.5, 0.6) is 0 Å². The molecule has 0 atom stereocenters. The number of aromatic nitrogens is 3. The molecule has 0 N–H and O–H groups in total. The van der Waals surface area contributed by atoms with Crippen molar-refractivity contribution in [2.45, 2.75) is 13.1 Å². The molecule has 0 fully saturated rings. The Labute approximate surface area is 148 Å². The second kappa shape index (κ2) is 7.38. The van der Waals surface area contributed by atoms with Crippen LogP contribution in [0.25, 0.3) is 0 Å². The third kappa shape index (κ3) is 3.69. The van der Waals surface area contributed by atoms with Crippen molar-refractivity contribution in [1.29, 1.82) is 5.26 Å². The molecule has 0 bridgehead atoms. The van der Waals surface area contributed by atoms with Gasteiger partial charge in [0.05, 0.1) is 41.1 Å². The summed E-state index contributed by atoms with van der Waals surface area (Å²) in [5.74, 6) is 1.47. The van der Waals surface area contributed by atoms with E-state index in [1.165, 1.54) is 0 Å². The Balaban J connectivity index is 1.83. The molecular formula is C16H16N6S2. The van der Waals surface area contributed by atoms with Gasteiger partial charge in [-0.15, -0.1) is 22.7 Å². The van der Waals surface area contributed by atoms with Crippen molar-refractivity contribution in [2.75, 3.05) is 23.9 Å². The summed E-state index contributed by atoms with van der Waals surface area (Å²) >= 11 is 3.14. The molecule has 0 saturated carbocycles. The summed E-state index contributed by atoms with van der Waals surface area (Å²) in [4.78, 5) is 17.3. The fraction of sp³-hybridized carbons (Fsp3) is 0.250. The fourth-order valence-corrected chi connectivity index (χ4v) is 3.40. The van der Waals surface area contributed by atoms with E-state index in [1.54, 1.807) is 28.2 Å². The summed E-state index contributed by atoms with van der Waals surface area (Å²) in [6.45, 7) is 1.29. The zero-order valence-corrected chi connectivity index (χ0v) is 15.0. The first-order valence-electron chi connectivity index (χ1n) is 7.25. The van der Waals surface area contributed by atoms with Gasteiger partial charge < -0.3 is 9.80 Å². The number of hydrogen-bond acceptors (Lipinski definition) is 8. The van der Waals surface area contributed by atoms with Crippen LogP contribution in [0.4, 0.5) is 11.6 Å². The molecule has 24 heavy (non-hydrogen) atoms. The molecule has 3 aromatic heterocycles. The van der Waals surface area contributed by atoms with Crippen LogP contribution in [0.2, 0.25) is 0 Å². The van der Waals surface area contributed by atoms with Crippen LogP contribution < -0.4 is 9.80 Å². The second-order valence-corrected chi connectivity index (χ2v) is 6.76. The molecular weight excluding hydrogens is 340 g/mol. The predicted octanol–water partition coefficient (Wildman–Crippen LogP) is 3.14. The highest BCUT2D eigenvalue weighted by Crippen LogP contribution is 2.23. The summed E-state index contributed by atoms with van der Waals surface area (Å²) in [5, 5.41) is 13.4. The molecule has 3 aromatic rings. The number of pyridine rings is 1. The van der Waals surface area contributed by atoms with E-state index in [2.05, 4.69) is 21.0 Å². The third-order valence-corrected chi connectivity index (χ3v) is 4.77. The van der Waals surface area contributed by atoms with Crippen molar-refractivity contribution >= 4 is 34.3 Å². The topological polar surface area (TPSA) is 68.9 Å². The molecule has 0 spiro atoms. The van der Waals surface area contributed by atoms with E-state index in [0.717, 1.165) is 17.2 Å². The Morgan fingerprint density at radius 2 is 1.62 bits per heavy atom. The Kier molecular flexibility index (Phi) is 5.03. The number of hydrogen-bond donors (Lipinski definition) is 0. The number of rotatable bonds is 6. The second-order valence-electron chi connectivity index (χ2n) is 5.32. The largest absolute Gasteiger partial charge is 0.354 e. The minimum atomic E-state index is 0.554. The summed E-state index contributed by atoms with van der Waals surface area (Å²) < 4.78 is 0. The van der Waals surface area contributed by atoms with Gasteiger partial charge in [0.25, 0.3) is 0 Å². The minimum Gasteiger partial charge on any atom is -0.354 e. The van der Waals surface area contributed by atoms with Crippen LogP contribution >= 0.6 is 22.7 Å². The minimum absolute atomic E-state index is 0.554. The molecule has 8 heteroatoms. The zero-order chi connectivity index (χ0) is 16.9. The van der Waals surface area contributed by atoms with Crippen LogP contribution in [-0.4, -0.2) is 29.0 Å². The Morgan fingerprint density at radius 3 is 2.17 bits per heavy atom. The smallest absolute Gasteiger partial charge is 0.149 e. The van der Waals surface area contributed by atoms with E-state index in [1.807, 2.05) is 52.3 Å². The summed E-state index contributed by atoms with van der Waals surface area (Å²) in [6.07, 6.45) is 0. The van der Waals surface area contributed by atoms with E-state index >= 15 is 0 Å². The van der Waals surface area contributed by atoms with Gasteiger partial charge in [0.15, 0.2) is 0 Å². The lowest BCUT2D eigenvalue weighted by Gasteiger charge is -2.22. The number of nitriles is 1. The van der Waals surface area contributed by atoms with E-state index in [4.69, 9.17) is 0 Å². The molecule has 0 aliphatic carbocycles. The van der Waals surface area contributed by atoms with Crippen molar-refractivity contribution in [3.63, 3.8) is 0 Å². The maximum atomic E-state index is 9.38. The predicted molar refractivity (Wildman–Crippen MR) is 97.4 cm³/mol. The van der Waals surface area contributed by atoms with E-state index in [9.17, 15) is 5.26 Å². The van der Waals surface area contributed by atoms with Gasteiger partial charge in [-0.2, -0.15) is 5.26 Å².